The lowest BCUT2D eigenvalue weighted by Crippen LogP contribution is -2.65. The Morgan fingerprint density at radius 1 is 0.579 bits per heavy atom. The highest BCUT2D eigenvalue weighted by Crippen LogP contribution is 2.54. The summed E-state index contributed by atoms with van der Waals surface area (Å²) in [6.07, 6.45) is 0. The topological polar surface area (TPSA) is 83.6 Å². The number of nitrogens with one attached hydrogen (secondary N) is 1. The van der Waals surface area contributed by atoms with E-state index in [0.717, 1.165) is 0 Å². The maximum absolute atomic E-state index is 13.7. The van der Waals surface area contributed by atoms with Crippen LogP contribution in [-0.2, 0) is 20.0 Å². The first-order valence-electron chi connectivity index (χ1n) is 10.7. The van der Waals surface area contributed by atoms with Gasteiger partial charge in [0.15, 0.2) is 7.41 Å². The van der Waals surface area contributed by atoms with Crippen LogP contribution < -0.4 is 21.0 Å². The monoisotopic (exact) mass is 599 g/mol. The van der Waals surface area contributed by atoms with Crippen LogP contribution in [0.5, 0.6) is 0 Å². The normalized spacial score (nSPS) is 14.0. The molecule has 0 heterocycles. The molecule has 38 heavy (non-hydrogen) atoms. The minimum absolute atomic E-state index is 0.388. The third-order valence-electron chi connectivity index (χ3n) is 5.35. The van der Waals surface area contributed by atoms with Crippen LogP contribution in [0.25, 0.3) is 0 Å². The number of alkyl halides is 6. The molecule has 15 heteroatoms. The van der Waals surface area contributed by atoms with Crippen LogP contribution in [0.15, 0.2) is 91.0 Å². The predicted octanol–water partition coefficient (Wildman–Crippen LogP) is 4.22. The largest absolute Gasteiger partial charge is 0.512 e. The van der Waals surface area contributed by atoms with E-state index >= 15 is 0 Å². The number of benzene rings is 3. The van der Waals surface area contributed by atoms with E-state index in [9.17, 15) is 43.2 Å². The molecule has 1 N–H and O–H groups in total. The van der Waals surface area contributed by atoms with Gasteiger partial charge in [-0.1, -0.05) is 58.3 Å². The van der Waals surface area contributed by atoms with Gasteiger partial charge in [-0.2, -0.15) is 31.4 Å². The first-order valence-corrected chi connectivity index (χ1v) is 15.3. The van der Waals surface area contributed by atoms with E-state index < -0.39 is 47.8 Å². The fourth-order valence-corrected chi connectivity index (χ4v) is 11.4. The summed E-state index contributed by atoms with van der Waals surface area (Å²) >= 11 is 0. The first-order chi connectivity index (χ1) is 17.4. The highest BCUT2D eigenvalue weighted by atomic mass is 32.3. The molecule has 0 atom stereocenters. The van der Waals surface area contributed by atoms with Crippen molar-refractivity contribution in [2.75, 3.05) is 0 Å². The lowest BCUT2D eigenvalue weighted by Gasteiger charge is -2.40. The zero-order valence-electron chi connectivity index (χ0n) is 19.8. The van der Waals surface area contributed by atoms with Gasteiger partial charge in [-0.05, 0) is 50.2 Å². The summed E-state index contributed by atoms with van der Waals surface area (Å²) in [5, 5.41) is 3.86. The Balaban J connectivity index is 2.44. The molecule has 6 nitrogen and oxygen atoms in total. The van der Waals surface area contributed by atoms with Gasteiger partial charge in [0.05, 0.1) is 0 Å². The van der Waals surface area contributed by atoms with E-state index in [4.69, 9.17) is 0 Å². The molecule has 0 spiro atoms. The van der Waals surface area contributed by atoms with E-state index in [1.165, 1.54) is 0 Å². The van der Waals surface area contributed by atoms with Crippen molar-refractivity contribution in [1.82, 2.24) is 8.80 Å². The van der Waals surface area contributed by atoms with Gasteiger partial charge >= 0.3 is 31.1 Å². The van der Waals surface area contributed by atoms with E-state index in [2.05, 4.69) is 5.09 Å². The zero-order chi connectivity index (χ0) is 28.6. The van der Waals surface area contributed by atoms with Crippen molar-refractivity contribution in [3.8, 4) is 0 Å². The van der Waals surface area contributed by atoms with Crippen molar-refractivity contribution in [3.05, 3.63) is 91.0 Å². The van der Waals surface area contributed by atoms with Crippen LogP contribution in [0.4, 0.5) is 26.3 Å². The summed E-state index contributed by atoms with van der Waals surface area (Å²) in [7, 11) is -17.7. The standard InChI is InChI=1S/C23H22F6N2O4PS2/c1-21(2,31(37(32,33)22(24,25)26)38(34,35)23(27,28)29)30-36(18-12-6-3-7-13-18,19-14-8-4-9-15-19)20-16-10-5-11-17-20/h3-17,30H,1-2H3/q+1. The fourth-order valence-electron chi connectivity index (χ4n) is 3.97. The Kier molecular flexibility index (Phi) is 8.09. The molecule has 0 aliphatic rings. The second-order valence-electron chi connectivity index (χ2n) is 8.45. The quantitative estimate of drug-likeness (QED) is 0.238. The van der Waals surface area contributed by atoms with E-state index in [1.807, 2.05) is 0 Å². The molecule has 0 fully saturated rings. The second-order valence-corrected chi connectivity index (χ2v) is 15.3. The molecule has 0 aliphatic carbocycles. The van der Waals surface area contributed by atoms with Crippen LogP contribution in [0.3, 0.4) is 0 Å². The third-order valence-corrected chi connectivity index (χ3v) is 13.6. The van der Waals surface area contributed by atoms with Gasteiger partial charge in [-0.15, -0.1) is 0 Å². The van der Waals surface area contributed by atoms with E-state index in [-0.39, 0.29) is 0 Å². The van der Waals surface area contributed by atoms with Crippen molar-refractivity contribution < 1.29 is 43.2 Å². The number of halogens is 6. The summed E-state index contributed by atoms with van der Waals surface area (Å²) in [6, 6.07) is 23.8. The van der Waals surface area contributed by atoms with Gasteiger partial charge in [0.2, 0.25) is 0 Å². The average molecular weight is 600 g/mol. The summed E-state index contributed by atoms with van der Waals surface area (Å²) < 4.78 is 130. The van der Waals surface area contributed by atoms with Crippen LogP contribution in [0.1, 0.15) is 13.8 Å². The maximum Gasteiger partial charge on any atom is 0.512 e. The van der Waals surface area contributed by atoms with E-state index in [1.54, 1.807) is 91.0 Å². The zero-order valence-corrected chi connectivity index (χ0v) is 22.3. The molecule has 0 bridgehead atoms. The lowest BCUT2D eigenvalue weighted by molar-refractivity contribution is -0.0566. The molecule has 206 valence electrons. The minimum Gasteiger partial charge on any atom is -0.202 e. The van der Waals surface area contributed by atoms with Gasteiger partial charge in [0.25, 0.3) is 0 Å². The number of nitrogens with zero attached hydrogens (tertiary/aromatic N) is 1. The average Bonchev–Trinajstić information content (AvgIpc) is 2.82. The van der Waals surface area contributed by atoms with Crippen molar-refractivity contribution >= 4 is 43.4 Å². The fraction of sp³-hybridized carbons (Fsp3) is 0.217. The molecular weight excluding hydrogens is 577 g/mol. The van der Waals surface area contributed by atoms with Crippen LogP contribution in [-0.4, -0.2) is 37.2 Å². The van der Waals surface area contributed by atoms with Crippen molar-refractivity contribution in [3.63, 3.8) is 0 Å². The Morgan fingerprint density at radius 2 is 0.842 bits per heavy atom. The minimum atomic E-state index is -7.08. The van der Waals surface area contributed by atoms with Gasteiger partial charge in [-0.25, -0.2) is 16.8 Å². The van der Waals surface area contributed by atoms with Crippen LogP contribution in [0.2, 0.25) is 0 Å². The second kappa shape index (κ2) is 10.2. The summed E-state index contributed by atoms with van der Waals surface area (Å²) in [4.78, 5) is 0. The van der Waals surface area contributed by atoms with E-state index in [0.29, 0.717) is 29.8 Å². The highest BCUT2D eigenvalue weighted by Gasteiger charge is 2.67. The van der Waals surface area contributed by atoms with Crippen LogP contribution in [0, 0.1) is 0 Å². The number of sulfonamides is 2. The van der Waals surface area contributed by atoms with Gasteiger partial charge in [0, 0.05) is 0 Å². The SMILES string of the molecule is CC(C)(N[P+](c1ccccc1)(c1ccccc1)c1ccccc1)N(S(=O)(=O)C(F)(F)F)S(=O)(=O)C(F)(F)F. The summed E-state index contributed by atoms with van der Waals surface area (Å²) in [6.45, 7) is 1.28. The Bertz CT molecular complexity index is 1330. The number of rotatable bonds is 8. The van der Waals surface area contributed by atoms with Gasteiger partial charge < -0.3 is 0 Å². The molecule has 0 aromatic heterocycles. The highest BCUT2D eigenvalue weighted by molar-refractivity contribution is 8.05. The number of hydrogen-bond acceptors (Lipinski definition) is 5. The molecule has 0 radical (unpaired) electrons. The smallest absolute Gasteiger partial charge is 0.202 e. The molecular formula is C23H22F6N2O4PS2+. The third kappa shape index (κ3) is 5.32. The van der Waals surface area contributed by atoms with Crippen molar-refractivity contribution in [2.24, 2.45) is 0 Å². The first kappa shape index (κ1) is 30.0. The molecule has 0 unspecified atom stereocenters. The Labute approximate surface area is 216 Å². The summed E-state index contributed by atoms with van der Waals surface area (Å²) in [5.74, 6) is 0. The lowest BCUT2D eigenvalue weighted by atomic mass is 10.3. The van der Waals surface area contributed by atoms with Crippen molar-refractivity contribution in [1.29, 1.82) is 0 Å². The molecule has 0 saturated heterocycles. The Hall–Kier alpha value is -2.51. The van der Waals surface area contributed by atoms with Gasteiger partial charge in [-0.3, -0.25) is 0 Å². The molecule has 3 aromatic rings. The van der Waals surface area contributed by atoms with Gasteiger partial charge in [0.1, 0.15) is 21.6 Å². The molecule has 3 rings (SSSR count). The molecule has 3 aromatic carbocycles. The Morgan fingerprint density at radius 3 is 1.08 bits per heavy atom. The summed E-state index contributed by atoms with van der Waals surface area (Å²) in [5.41, 5.74) is -15.7. The molecule has 0 amide bonds. The number of hydrogen-bond donors (Lipinski definition) is 1. The van der Waals surface area contributed by atoms with Crippen molar-refractivity contribution in [2.45, 2.75) is 30.5 Å². The van der Waals surface area contributed by atoms with Crippen LogP contribution >= 0.6 is 7.41 Å². The maximum atomic E-state index is 13.7. The molecule has 0 saturated carbocycles. The molecule has 0 aliphatic heterocycles. The predicted molar refractivity (Wildman–Crippen MR) is 134 cm³/mol.